The molecule has 0 saturated carbocycles. The van der Waals surface area contributed by atoms with Crippen molar-refractivity contribution >= 4 is 17.3 Å². The molecule has 2 aromatic carbocycles. The maximum atomic E-state index is 13.7. The van der Waals surface area contributed by atoms with Crippen molar-refractivity contribution in [2.75, 3.05) is 62.2 Å². The van der Waals surface area contributed by atoms with E-state index in [1.807, 2.05) is 13.1 Å². The standard InChI is InChI=1S/C32H44N6O/c1-25-23-37(29-12-5-4-6-13-29)20-21-38(25)32(39)31-22-28(26(2)34(31)3)24-35-16-18-36(19-17-35)30-14-8-7-10-27(30)11-9-15-33/h4-8,10,12-14,22,25H,9,11,15-21,23-24,33H2,1-3H3. The van der Waals surface area contributed by atoms with Crippen LogP contribution in [0.4, 0.5) is 11.4 Å². The summed E-state index contributed by atoms with van der Waals surface area (Å²) in [5.74, 6) is 0.144. The third-order valence-corrected chi connectivity index (χ3v) is 8.62. The van der Waals surface area contributed by atoms with Gasteiger partial charge in [-0.05, 0) is 68.6 Å². The Kier molecular flexibility index (Phi) is 8.58. The smallest absolute Gasteiger partial charge is 0.270 e. The summed E-state index contributed by atoms with van der Waals surface area (Å²) in [7, 11) is 2.03. The second-order valence-electron chi connectivity index (χ2n) is 11.1. The number of piperazine rings is 2. The zero-order chi connectivity index (χ0) is 27.4. The fourth-order valence-electron chi connectivity index (χ4n) is 6.12. The molecule has 208 valence electrons. The number of anilines is 2. The van der Waals surface area contributed by atoms with Crippen LogP contribution in [0, 0.1) is 6.92 Å². The minimum Gasteiger partial charge on any atom is -0.369 e. The van der Waals surface area contributed by atoms with Gasteiger partial charge in [-0.2, -0.15) is 0 Å². The largest absolute Gasteiger partial charge is 0.369 e. The summed E-state index contributed by atoms with van der Waals surface area (Å²) in [5.41, 5.74) is 13.0. The first-order valence-electron chi connectivity index (χ1n) is 14.5. The highest BCUT2D eigenvalue weighted by atomic mass is 16.2. The fraction of sp³-hybridized carbons (Fsp3) is 0.469. The molecule has 7 nitrogen and oxygen atoms in total. The van der Waals surface area contributed by atoms with Crippen LogP contribution in [0.15, 0.2) is 60.7 Å². The van der Waals surface area contributed by atoms with Crippen LogP contribution in [0.3, 0.4) is 0 Å². The normalized spacial score (nSPS) is 18.6. The summed E-state index contributed by atoms with van der Waals surface area (Å²) < 4.78 is 2.10. The van der Waals surface area contributed by atoms with Gasteiger partial charge in [0.25, 0.3) is 5.91 Å². The molecule has 1 unspecified atom stereocenters. The topological polar surface area (TPSA) is 61.0 Å². The molecular weight excluding hydrogens is 484 g/mol. The summed E-state index contributed by atoms with van der Waals surface area (Å²) in [5, 5.41) is 0. The zero-order valence-corrected chi connectivity index (χ0v) is 23.9. The van der Waals surface area contributed by atoms with Gasteiger partial charge in [0.05, 0.1) is 0 Å². The Balaban J connectivity index is 1.20. The zero-order valence-electron chi connectivity index (χ0n) is 23.9. The number of para-hydroxylation sites is 2. The van der Waals surface area contributed by atoms with E-state index in [0.717, 1.165) is 77.4 Å². The molecule has 0 bridgehead atoms. The lowest BCUT2D eigenvalue weighted by Crippen LogP contribution is -2.54. The van der Waals surface area contributed by atoms with E-state index in [-0.39, 0.29) is 11.9 Å². The molecule has 3 heterocycles. The molecule has 1 aromatic heterocycles. The molecule has 0 radical (unpaired) electrons. The molecule has 7 heteroatoms. The third kappa shape index (κ3) is 5.99. The van der Waals surface area contributed by atoms with E-state index >= 15 is 0 Å². The highest BCUT2D eigenvalue weighted by Gasteiger charge is 2.30. The van der Waals surface area contributed by atoms with Crippen molar-refractivity contribution in [3.05, 3.63) is 83.2 Å². The van der Waals surface area contributed by atoms with E-state index in [9.17, 15) is 4.79 Å². The number of carbonyl (C=O) groups is 1. The highest BCUT2D eigenvalue weighted by Crippen LogP contribution is 2.26. The van der Waals surface area contributed by atoms with Crippen molar-refractivity contribution in [2.45, 2.75) is 39.3 Å². The van der Waals surface area contributed by atoms with E-state index in [4.69, 9.17) is 5.73 Å². The molecule has 2 saturated heterocycles. The Hall–Kier alpha value is -3.29. The van der Waals surface area contributed by atoms with Crippen molar-refractivity contribution in [1.29, 1.82) is 0 Å². The van der Waals surface area contributed by atoms with Crippen LogP contribution in [-0.4, -0.2) is 78.7 Å². The van der Waals surface area contributed by atoms with Crippen molar-refractivity contribution in [3.8, 4) is 0 Å². The van der Waals surface area contributed by atoms with Crippen molar-refractivity contribution < 1.29 is 4.79 Å². The second kappa shape index (κ2) is 12.3. The molecule has 2 aliphatic heterocycles. The molecule has 1 atom stereocenters. The molecule has 5 rings (SSSR count). The quantitative estimate of drug-likeness (QED) is 0.481. The first-order valence-corrected chi connectivity index (χ1v) is 14.5. The molecule has 1 amide bonds. The van der Waals surface area contributed by atoms with E-state index in [1.165, 1.54) is 28.2 Å². The second-order valence-corrected chi connectivity index (χ2v) is 11.1. The van der Waals surface area contributed by atoms with Gasteiger partial charge < -0.3 is 25.0 Å². The minimum absolute atomic E-state index is 0.144. The molecule has 3 aromatic rings. The summed E-state index contributed by atoms with van der Waals surface area (Å²) >= 11 is 0. The van der Waals surface area contributed by atoms with Crippen LogP contribution in [0.5, 0.6) is 0 Å². The average Bonchev–Trinajstić information content (AvgIpc) is 3.25. The summed E-state index contributed by atoms with van der Waals surface area (Å²) in [6, 6.07) is 21.6. The predicted octanol–water partition coefficient (Wildman–Crippen LogP) is 3.90. The predicted molar refractivity (Wildman–Crippen MR) is 161 cm³/mol. The van der Waals surface area contributed by atoms with Gasteiger partial charge in [-0.3, -0.25) is 9.69 Å². The molecule has 2 N–H and O–H groups in total. The van der Waals surface area contributed by atoms with Crippen LogP contribution in [0.25, 0.3) is 0 Å². The Morgan fingerprint density at radius 2 is 1.59 bits per heavy atom. The average molecular weight is 529 g/mol. The summed E-state index contributed by atoms with van der Waals surface area (Å²) in [6.07, 6.45) is 2.06. The number of benzene rings is 2. The highest BCUT2D eigenvalue weighted by molar-refractivity contribution is 5.93. The number of aromatic nitrogens is 1. The Morgan fingerprint density at radius 1 is 0.897 bits per heavy atom. The lowest BCUT2D eigenvalue weighted by molar-refractivity contribution is 0.0664. The van der Waals surface area contributed by atoms with Gasteiger partial charge in [-0.15, -0.1) is 0 Å². The summed E-state index contributed by atoms with van der Waals surface area (Å²) in [4.78, 5) is 23.2. The van der Waals surface area contributed by atoms with E-state index in [2.05, 4.69) is 92.6 Å². The molecule has 39 heavy (non-hydrogen) atoms. The first kappa shape index (κ1) is 27.3. The fourth-order valence-corrected chi connectivity index (χ4v) is 6.12. The molecule has 0 spiro atoms. The Morgan fingerprint density at radius 3 is 2.31 bits per heavy atom. The van der Waals surface area contributed by atoms with E-state index < -0.39 is 0 Å². The number of hydrogen-bond acceptors (Lipinski definition) is 5. The summed E-state index contributed by atoms with van der Waals surface area (Å²) in [6.45, 7) is 12.4. The van der Waals surface area contributed by atoms with Gasteiger partial charge in [0, 0.05) is 82.5 Å². The van der Waals surface area contributed by atoms with Crippen LogP contribution in [0.1, 0.15) is 40.7 Å². The lowest BCUT2D eigenvalue weighted by atomic mass is 10.1. The number of rotatable bonds is 8. The third-order valence-electron chi connectivity index (χ3n) is 8.62. The molecule has 2 aliphatic rings. The van der Waals surface area contributed by atoms with E-state index in [0.29, 0.717) is 0 Å². The van der Waals surface area contributed by atoms with Crippen LogP contribution >= 0.6 is 0 Å². The van der Waals surface area contributed by atoms with E-state index in [1.54, 1.807) is 0 Å². The van der Waals surface area contributed by atoms with Gasteiger partial charge in [0.15, 0.2) is 0 Å². The number of hydrogen-bond donors (Lipinski definition) is 1. The first-order chi connectivity index (χ1) is 19.0. The van der Waals surface area contributed by atoms with Gasteiger partial charge in [0.2, 0.25) is 0 Å². The van der Waals surface area contributed by atoms with Gasteiger partial charge in [-0.25, -0.2) is 0 Å². The van der Waals surface area contributed by atoms with Gasteiger partial charge in [-0.1, -0.05) is 36.4 Å². The number of aryl methyl sites for hydroxylation is 1. The Bertz CT molecular complexity index is 1250. The molecule has 0 aliphatic carbocycles. The van der Waals surface area contributed by atoms with Crippen molar-refractivity contribution in [2.24, 2.45) is 12.8 Å². The van der Waals surface area contributed by atoms with Crippen LogP contribution < -0.4 is 15.5 Å². The SMILES string of the molecule is Cc1c(CN2CCN(c3ccccc3CCCN)CC2)cc(C(=O)N2CCN(c3ccccc3)CC2C)n1C. The number of nitrogens with two attached hydrogens (primary N) is 1. The minimum atomic E-state index is 0.144. The number of nitrogens with zero attached hydrogens (tertiary/aromatic N) is 5. The van der Waals surface area contributed by atoms with Crippen molar-refractivity contribution in [3.63, 3.8) is 0 Å². The Labute approximate surface area is 233 Å². The molecule has 2 fully saturated rings. The van der Waals surface area contributed by atoms with Gasteiger partial charge in [0.1, 0.15) is 5.69 Å². The number of amides is 1. The van der Waals surface area contributed by atoms with Crippen molar-refractivity contribution in [1.82, 2.24) is 14.4 Å². The molecular formula is C32H44N6O. The monoisotopic (exact) mass is 528 g/mol. The maximum Gasteiger partial charge on any atom is 0.270 e. The van der Waals surface area contributed by atoms with Crippen LogP contribution in [0.2, 0.25) is 0 Å². The number of carbonyl (C=O) groups excluding carboxylic acids is 1. The lowest BCUT2D eigenvalue weighted by Gasteiger charge is -2.41. The van der Waals surface area contributed by atoms with Gasteiger partial charge >= 0.3 is 0 Å². The van der Waals surface area contributed by atoms with Crippen LogP contribution in [-0.2, 0) is 20.0 Å². The maximum absolute atomic E-state index is 13.7.